The number of carbonyl (C=O) groups is 1. The first-order chi connectivity index (χ1) is 8.22. The lowest BCUT2D eigenvalue weighted by molar-refractivity contribution is -0.117. The molecule has 0 bridgehead atoms. The summed E-state index contributed by atoms with van der Waals surface area (Å²) in [6.45, 7) is -0.0292. The Bertz CT molecular complexity index is 414. The van der Waals surface area contributed by atoms with Gasteiger partial charge in [-0.2, -0.15) is 0 Å². The number of Topliss-reactive ketones (excluding diaryl/α,β-unsaturated/α-hetero) is 1. The molecule has 0 aromatic heterocycles. The van der Waals surface area contributed by atoms with Gasteiger partial charge in [0.2, 0.25) is 0 Å². The third-order valence-corrected chi connectivity index (χ3v) is 2.90. The monoisotopic (exact) mass is 236 g/mol. The number of hydrogen-bond donors (Lipinski definition) is 1. The predicted molar refractivity (Wildman–Crippen MR) is 62.2 cm³/mol. The van der Waals surface area contributed by atoms with E-state index >= 15 is 0 Å². The topological polar surface area (TPSA) is 55.8 Å². The first kappa shape index (κ1) is 11.9. The van der Waals surface area contributed by atoms with E-state index in [0.717, 1.165) is 12.0 Å². The second kappa shape index (κ2) is 5.19. The van der Waals surface area contributed by atoms with Crippen LogP contribution >= 0.6 is 0 Å². The summed E-state index contributed by atoms with van der Waals surface area (Å²) in [6.07, 6.45) is 1.80. The lowest BCUT2D eigenvalue weighted by Crippen LogP contribution is -2.12. The minimum absolute atomic E-state index is 0.0292. The van der Waals surface area contributed by atoms with Gasteiger partial charge in [-0.1, -0.05) is 6.07 Å². The molecule has 1 aliphatic carbocycles. The molecule has 0 heterocycles. The summed E-state index contributed by atoms with van der Waals surface area (Å²) in [7, 11) is 1.56. The van der Waals surface area contributed by atoms with E-state index in [0.29, 0.717) is 24.3 Å². The van der Waals surface area contributed by atoms with Gasteiger partial charge in [-0.3, -0.25) is 4.79 Å². The molecule has 1 N–H and O–H groups in total. The number of benzene rings is 1. The Balaban J connectivity index is 2.12. The van der Waals surface area contributed by atoms with E-state index in [4.69, 9.17) is 14.6 Å². The molecule has 0 amide bonds. The van der Waals surface area contributed by atoms with Crippen LogP contribution in [0.15, 0.2) is 18.2 Å². The SMILES string of the molecule is COc1cc(CO)ccc1OC1CCC(=O)C1. The molecular formula is C13H16O4. The lowest BCUT2D eigenvalue weighted by atomic mass is 10.2. The molecule has 1 fully saturated rings. The molecule has 1 atom stereocenters. The van der Waals surface area contributed by atoms with E-state index in [1.54, 1.807) is 25.3 Å². The third kappa shape index (κ3) is 2.77. The van der Waals surface area contributed by atoms with Gasteiger partial charge >= 0.3 is 0 Å². The van der Waals surface area contributed by atoms with Crippen molar-refractivity contribution in [1.82, 2.24) is 0 Å². The second-order valence-corrected chi connectivity index (χ2v) is 4.16. The summed E-state index contributed by atoms with van der Waals surface area (Å²) < 4.78 is 10.9. The highest BCUT2D eigenvalue weighted by Gasteiger charge is 2.24. The summed E-state index contributed by atoms with van der Waals surface area (Å²) in [5, 5.41) is 9.03. The number of carbonyl (C=O) groups excluding carboxylic acids is 1. The van der Waals surface area contributed by atoms with Crippen molar-refractivity contribution in [2.75, 3.05) is 7.11 Å². The van der Waals surface area contributed by atoms with Crippen LogP contribution in [-0.2, 0) is 11.4 Å². The Morgan fingerprint density at radius 1 is 1.41 bits per heavy atom. The van der Waals surface area contributed by atoms with Crippen LogP contribution < -0.4 is 9.47 Å². The summed E-state index contributed by atoms with van der Waals surface area (Å²) in [6, 6.07) is 5.30. The molecule has 4 heteroatoms. The van der Waals surface area contributed by atoms with E-state index in [2.05, 4.69) is 0 Å². The lowest BCUT2D eigenvalue weighted by Gasteiger charge is -2.15. The number of methoxy groups -OCH3 is 1. The number of ketones is 1. The van der Waals surface area contributed by atoms with Gasteiger partial charge < -0.3 is 14.6 Å². The van der Waals surface area contributed by atoms with Gasteiger partial charge in [-0.25, -0.2) is 0 Å². The molecule has 0 saturated heterocycles. The molecule has 1 aromatic rings. The van der Waals surface area contributed by atoms with Crippen LogP contribution in [0.5, 0.6) is 11.5 Å². The van der Waals surface area contributed by atoms with Crippen molar-refractivity contribution in [3.63, 3.8) is 0 Å². The van der Waals surface area contributed by atoms with Crippen molar-refractivity contribution in [1.29, 1.82) is 0 Å². The van der Waals surface area contributed by atoms with Gasteiger partial charge in [0.25, 0.3) is 0 Å². The molecule has 4 nitrogen and oxygen atoms in total. The molecule has 1 aliphatic rings. The summed E-state index contributed by atoms with van der Waals surface area (Å²) in [4.78, 5) is 11.2. The molecule has 17 heavy (non-hydrogen) atoms. The zero-order valence-electron chi connectivity index (χ0n) is 9.81. The Morgan fingerprint density at radius 2 is 2.24 bits per heavy atom. The summed E-state index contributed by atoms with van der Waals surface area (Å²) >= 11 is 0. The Labute approximate surface area is 100 Å². The van der Waals surface area contributed by atoms with Gasteiger partial charge in [-0.15, -0.1) is 0 Å². The molecule has 1 saturated carbocycles. The molecule has 2 rings (SSSR count). The fourth-order valence-electron chi connectivity index (χ4n) is 1.97. The number of rotatable bonds is 4. The van der Waals surface area contributed by atoms with E-state index in [-0.39, 0.29) is 18.5 Å². The van der Waals surface area contributed by atoms with Crippen LogP contribution in [0, 0.1) is 0 Å². The molecule has 92 valence electrons. The molecule has 0 aliphatic heterocycles. The van der Waals surface area contributed by atoms with Gasteiger partial charge in [0.15, 0.2) is 11.5 Å². The zero-order chi connectivity index (χ0) is 12.3. The van der Waals surface area contributed by atoms with Crippen molar-refractivity contribution in [3.05, 3.63) is 23.8 Å². The summed E-state index contributed by atoms with van der Waals surface area (Å²) in [5.74, 6) is 1.47. The van der Waals surface area contributed by atoms with E-state index in [9.17, 15) is 4.79 Å². The van der Waals surface area contributed by atoms with Crippen LogP contribution in [-0.4, -0.2) is 24.1 Å². The van der Waals surface area contributed by atoms with Gasteiger partial charge in [0.1, 0.15) is 11.9 Å². The molecule has 0 spiro atoms. The molecular weight excluding hydrogens is 220 g/mol. The smallest absolute Gasteiger partial charge is 0.161 e. The van der Waals surface area contributed by atoms with Gasteiger partial charge in [0.05, 0.1) is 13.7 Å². The molecule has 0 radical (unpaired) electrons. The fourth-order valence-corrected chi connectivity index (χ4v) is 1.97. The summed E-state index contributed by atoms with van der Waals surface area (Å²) in [5.41, 5.74) is 0.775. The Kier molecular flexibility index (Phi) is 3.64. The minimum Gasteiger partial charge on any atom is -0.493 e. The molecule has 1 aromatic carbocycles. The van der Waals surface area contributed by atoms with Crippen molar-refractivity contribution in [2.24, 2.45) is 0 Å². The Hall–Kier alpha value is -1.55. The Morgan fingerprint density at radius 3 is 2.82 bits per heavy atom. The van der Waals surface area contributed by atoms with Crippen LogP contribution in [0.25, 0.3) is 0 Å². The van der Waals surface area contributed by atoms with E-state index < -0.39 is 0 Å². The van der Waals surface area contributed by atoms with Crippen LogP contribution in [0.2, 0.25) is 0 Å². The fraction of sp³-hybridized carbons (Fsp3) is 0.462. The van der Waals surface area contributed by atoms with Crippen molar-refractivity contribution < 1.29 is 19.4 Å². The number of aliphatic hydroxyl groups excluding tert-OH is 1. The van der Waals surface area contributed by atoms with Gasteiger partial charge in [0, 0.05) is 12.8 Å². The first-order valence-corrected chi connectivity index (χ1v) is 5.69. The predicted octanol–water partition coefficient (Wildman–Crippen LogP) is 1.69. The largest absolute Gasteiger partial charge is 0.493 e. The normalized spacial score (nSPS) is 19.4. The first-order valence-electron chi connectivity index (χ1n) is 5.69. The highest BCUT2D eigenvalue weighted by atomic mass is 16.5. The second-order valence-electron chi connectivity index (χ2n) is 4.16. The highest BCUT2D eigenvalue weighted by Crippen LogP contribution is 2.31. The van der Waals surface area contributed by atoms with Gasteiger partial charge in [-0.05, 0) is 24.1 Å². The van der Waals surface area contributed by atoms with Crippen LogP contribution in [0.4, 0.5) is 0 Å². The average molecular weight is 236 g/mol. The third-order valence-electron chi connectivity index (χ3n) is 2.90. The number of ether oxygens (including phenoxy) is 2. The highest BCUT2D eigenvalue weighted by molar-refractivity contribution is 5.81. The van der Waals surface area contributed by atoms with Crippen molar-refractivity contribution >= 4 is 5.78 Å². The van der Waals surface area contributed by atoms with Crippen LogP contribution in [0.1, 0.15) is 24.8 Å². The average Bonchev–Trinajstić information content (AvgIpc) is 2.75. The van der Waals surface area contributed by atoms with E-state index in [1.807, 2.05) is 0 Å². The quantitative estimate of drug-likeness (QED) is 0.864. The number of hydrogen-bond acceptors (Lipinski definition) is 4. The maximum Gasteiger partial charge on any atom is 0.161 e. The zero-order valence-corrected chi connectivity index (χ0v) is 9.81. The number of aliphatic hydroxyl groups is 1. The van der Waals surface area contributed by atoms with Crippen LogP contribution in [0.3, 0.4) is 0 Å². The standard InChI is InChI=1S/C13H16O4/c1-16-13-6-9(8-14)2-5-12(13)17-11-4-3-10(15)7-11/h2,5-6,11,14H,3-4,7-8H2,1H3. The van der Waals surface area contributed by atoms with Crippen molar-refractivity contribution in [2.45, 2.75) is 32.0 Å². The van der Waals surface area contributed by atoms with E-state index in [1.165, 1.54) is 0 Å². The maximum absolute atomic E-state index is 11.2. The minimum atomic E-state index is -0.0450. The maximum atomic E-state index is 11.2. The molecule has 1 unspecified atom stereocenters. The van der Waals surface area contributed by atoms with Crippen molar-refractivity contribution in [3.8, 4) is 11.5 Å².